The zero-order valence-electron chi connectivity index (χ0n) is 9.61. The Morgan fingerprint density at radius 3 is 2.13 bits per heavy atom. The van der Waals surface area contributed by atoms with Gasteiger partial charge in [-0.25, -0.2) is 0 Å². The molecule has 1 aromatic carbocycles. The molecule has 1 rings (SSSR count). The highest BCUT2D eigenvalue weighted by Crippen LogP contribution is 2.32. The van der Waals surface area contributed by atoms with Gasteiger partial charge >= 0.3 is 0 Å². The van der Waals surface area contributed by atoms with Gasteiger partial charge in [0.2, 0.25) is 0 Å². The van der Waals surface area contributed by atoms with E-state index in [0.717, 1.165) is 18.4 Å². The Morgan fingerprint density at radius 2 is 1.73 bits per heavy atom. The summed E-state index contributed by atoms with van der Waals surface area (Å²) in [5.41, 5.74) is 5.80. The van der Waals surface area contributed by atoms with Gasteiger partial charge in [-0.1, -0.05) is 57.0 Å². The maximum Gasteiger partial charge on any atom is 0.105 e. The third kappa shape index (κ3) is 2.39. The van der Waals surface area contributed by atoms with Crippen LogP contribution in [-0.4, -0.2) is 11.7 Å². The smallest absolute Gasteiger partial charge is 0.105 e. The molecule has 0 fully saturated rings. The second kappa shape index (κ2) is 5.29. The summed E-state index contributed by atoms with van der Waals surface area (Å²) in [6.07, 6.45) is 1.89. The summed E-state index contributed by atoms with van der Waals surface area (Å²) < 4.78 is 0. The quantitative estimate of drug-likeness (QED) is 0.778. The van der Waals surface area contributed by atoms with Crippen LogP contribution in [0.1, 0.15) is 32.3 Å². The number of aliphatic hydroxyl groups is 1. The van der Waals surface area contributed by atoms with Gasteiger partial charge in [0.1, 0.15) is 5.60 Å². The molecular formula is C13H21NO. The molecule has 0 heterocycles. The van der Waals surface area contributed by atoms with E-state index < -0.39 is 5.60 Å². The highest BCUT2D eigenvalue weighted by Gasteiger charge is 2.34. The van der Waals surface area contributed by atoms with E-state index in [-0.39, 0.29) is 12.5 Å². The van der Waals surface area contributed by atoms with Gasteiger partial charge in [0.25, 0.3) is 0 Å². The van der Waals surface area contributed by atoms with E-state index in [9.17, 15) is 5.11 Å². The van der Waals surface area contributed by atoms with Gasteiger partial charge in [0.15, 0.2) is 0 Å². The lowest BCUT2D eigenvalue weighted by Crippen LogP contribution is -2.41. The minimum atomic E-state index is -0.870. The summed E-state index contributed by atoms with van der Waals surface area (Å²) in [5.74, 6) is 0.227. The second-order valence-electron chi connectivity index (χ2n) is 4.01. The predicted molar refractivity (Wildman–Crippen MR) is 63.5 cm³/mol. The normalized spacial score (nSPS) is 15.3. The number of hydrogen-bond acceptors (Lipinski definition) is 2. The van der Waals surface area contributed by atoms with E-state index in [0.29, 0.717) is 0 Å². The van der Waals surface area contributed by atoms with Crippen molar-refractivity contribution in [2.45, 2.75) is 32.3 Å². The molecule has 2 nitrogen and oxygen atoms in total. The van der Waals surface area contributed by atoms with Gasteiger partial charge in [0, 0.05) is 6.54 Å². The molecule has 2 heteroatoms. The van der Waals surface area contributed by atoms with Crippen LogP contribution in [0.5, 0.6) is 0 Å². The molecule has 0 aliphatic rings. The fourth-order valence-corrected chi connectivity index (χ4v) is 2.21. The first-order chi connectivity index (χ1) is 7.19. The fourth-order valence-electron chi connectivity index (χ4n) is 2.21. The third-order valence-electron chi connectivity index (χ3n) is 3.25. The van der Waals surface area contributed by atoms with Crippen molar-refractivity contribution in [3.8, 4) is 0 Å². The molecule has 1 aromatic rings. The van der Waals surface area contributed by atoms with Crippen LogP contribution in [0.4, 0.5) is 0 Å². The lowest BCUT2D eigenvalue weighted by Gasteiger charge is -2.34. The Morgan fingerprint density at radius 1 is 1.20 bits per heavy atom. The first-order valence-corrected chi connectivity index (χ1v) is 5.67. The molecule has 0 saturated heterocycles. The van der Waals surface area contributed by atoms with Gasteiger partial charge in [-0.2, -0.15) is 0 Å². The number of nitrogens with two attached hydrogens (primary N) is 1. The van der Waals surface area contributed by atoms with E-state index >= 15 is 0 Å². The standard InChI is InChI=1S/C13H21NO/c1-3-11(4-2)13(15,10-14)12-8-6-5-7-9-12/h5-9,11,15H,3-4,10,14H2,1-2H3. The highest BCUT2D eigenvalue weighted by atomic mass is 16.3. The maximum absolute atomic E-state index is 10.6. The van der Waals surface area contributed by atoms with Crippen molar-refractivity contribution in [2.24, 2.45) is 11.7 Å². The van der Waals surface area contributed by atoms with Crippen molar-refractivity contribution in [1.82, 2.24) is 0 Å². The van der Waals surface area contributed by atoms with Gasteiger partial charge < -0.3 is 10.8 Å². The molecule has 0 aromatic heterocycles. The molecule has 1 atom stereocenters. The molecule has 0 aliphatic carbocycles. The average molecular weight is 207 g/mol. The van der Waals surface area contributed by atoms with E-state index in [1.54, 1.807) is 0 Å². The minimum Gasteiger partial charge on any atom is -0.384 e. The molecule has 1 unspecified atom stereocenters. The lowest BCUT2D eigenvalue weighted by molar-refractivity contribution is -0.0190. The summed E-state index contributed by atoms with van der Waals surface area (Å²) in [6, 6.07) is 9.74. The molecule has 3 N–H and O–H groups in total. The summed E-state index contributed by atoms with van der Waals surface area (Å²) in [4.78, 5) is 0. The first kappa shape index (κ1) is 12.2. The monoisotopic (exact) mass is 207 g/mol. The summed E-state index contributed by atoms with van der Waals surface area (Å²) in [7, 11) is 0. The van der Waals surface area contributed by atoms with Crippen molar-refractivity contribution >= 4 is 0 Å². The van der Waals surface area contributed by atoms with Crippen LogP contribution in [0.3, 0.4) is 0 Å². The Labute approximate surface area is 92.1 Å². The topological polar surface area (TPSA) is 46.2 Å². The Kier molecular flexibility index (Phi) is 4.30. The zero-order valence-corrected chi connectivity index (χ0v) is 9.61. The molecule has 84 valence electrons. The van der Waals surface area contributed by atoms with Crippen molar-refractivity contribution in [3.63, 3.8) is 0 Å². The second-order valence-corrected chi connectivity index (χ2v) is 4.01. The van der Waals surface area contributed by atoms with Gasteiger partial charge in [-0.15, -0.1) is 0 Å². The van der Waals surface area contributed by atoms with Crippen LogP contribution in [0, 0.1) is 5.92 Å². The van der Waals surface area contributed by atoms with Crippen LogP contribution in [0.2, 0.25) is 0 Å². The van der Waals surface area contributed by atoms with Crippen molar-refractivity contribution in [3.05, 3.63) is 35.9 Å². The van der Waals surface area contributed by atoms with Crippen LogP contribution in [0.15, 0.2) is 30.3 Å². The number of hydrogen-bond donors (Lipinski definition) is 2. The van der Waals surface area contributed by atoms with Gasteiger partial charge in [0.05, 0.1) is 0 Å². The van der Waals surface area contributed by atoms with Crippen molar-refractivity contribution < 1.29 is 5.11 Å². The Balaban J connectivity index is 3.04. The van der Waals surface area contributed by atoms with Crippen LogP contribution in [0.25, 0.3) is 0 Å². The summed E-state index contributed by atoms with van der Waals surface area (Å²) in [6.45, 7) is 4.47. The SMILES string of the molecule is CCC(CC)C(O)(CN)c1ccccc1. The van der Waals surface area contributed by atoms with Crippen LogP contribution in [-0.2, 0) is 5.60 Å². The molecule has 0 spiro atoms. The Bertz CT molecular complexity index is 282. The summed E-state index contributed by atoms with van der Waals surface area (Å²) in [5, 5.41) is 10.6. The summed E-state index contributed by atoms with van der Waals surface area (Å²) >= 11 is 0. The van der Waals surface area contributed by atoms with Gasteiger partial charge in [-0.05, 0) is 11.5 Å². The average Bonchev–Trinajstić information content (AvgIpc) is 2.31. The van der Waals surface area contributed by atoms with Gasteiger partial charge in [-0.3, -0.25) is 0 Å². The van der Waals surface area contributed by atoms with E-state index in [1.165, 1.54) is 0 Å². The molecule has 0 bridgehead atoms. The zero-order chi connectivity index (χ0) is 11.3. The Hall–Kier alpha value is -0.860. The first-order valence-electron chi connectivity index (χ1n) is 5.67. The number of rotatable bonds is 5. The molecule has 0 amide bonds. The predicted octanol–water partition coefficient (Wildman–Crippen LogP) is 2.27. The van der Waals surface area contributed by atoms with E-state index in [2.05, 4.69) is 13.8 Å². The van der Waals surface area contributed by atoms with E-state index in [1.807, 2.05) is 30.3 Å². The largest absolute Gasteiger partial charge is 0.384 e. The lowest BCUT2D eigenvalue weighted by atomic mass is 9.78. The molecular weight excluding hydrogens is 186 g/mol. The third-order valence-corrected chi connectivity index (χ3v) is 3.25. The molecule has 0 radical (unpaired) electrons. The highest BCUT2D eigenvalue weighted by molar-refractivity contribution is 5.23. The van der Waals surface area contributed by atoms with E-state index in [4.69, 9.17) is 5.73 Å². The van der Waals surface area contributed by atoms with Crippen molar-refractivity contribution in [2.75, 3.05) is 6.54 Å². The minimum absolute atomic E-state index is 0.227. The molecule has 0 aliphatic heterocycles. The molecule has 0 saturated carbocycles. The number of benzene rings is 1. The molecule has 15 heavy (non-hydrogen) atoms. The van der Waals surface area contributed by atoms with Crippen LogP contribution < -0.4 is 5.73 Å². The fraction of sp³-hybridized carbons (Fsp3) is 0.538. The van der Waals surface area contributed by atoms with Crippen LogP contribution >= 0.6 is 0 Å². The maximum atomic E-state index is 10.6. The van der Waals surface area contributed by atoms with Crippen molar-refractivity contribution in [1.29, 1.82) is 0 Å².